The zero-order chi connectivity index (χ0) is 13.8. The first kappa shape index (κ1) is 13.7. The zero-order valence-corrected chi connectivity index (χ0v) is 11.1. The van der Waals surface area contributed by atoms with Gasteiger partial charge in [0, 0.05) is 17.7 Å². The zero-order valence-electron chi connectivity index (χ0n) is 11.1. The average molecular weight is 261 g/mol. The molecule has 100 valence electrons. The fourth-order valence-electron chi connectivity index (χ4n) is 2.00. The van der Waals surface area contributed by atoms with E-state index in [0.717, 1.165) is 17.7 Å². The molecule has 0 fully saturated rings. The van der Waals surface area contributed by atoms with E-state index in [9.17, 15) is 8.78 Å². The van der Waals surface area contributed by atoms with Crippen molar-refractivity contribution < 1.29 is 8.78 Å². The molecular formula is C16H17F2N. The van der Waals surface area contributed by atoms with Crippen LogP contribution in [-0.2, 0) is 6.54 Å². The molecule has 0 aliphatic carbocycles. The van der Waals surface area contributed by atoms with Gasteiger partial charge in [0.05, 0.1) is 0 Å². The van der Waals surface area contributed by atoms with Crippen molar-refractivity contribution in [3.8, 4) is 11.1 Å². The van der Waals surface area contributed by atoms with Crippen LogP contribution in [0.15, 0.2) is 36.4 Å². The maximum absolute atomic E-state index is 14.1. The van der Waals surface area contributed by atoms with Crippen molar-refractivity contribution >= 4 is 0 Å². The lowest BCUT2D eigenvalue weighted by atomic mass is 10.0. The van der Waals surface area contributed by atoms with Crippen molar-refractivity contribution in [2.75, 3.05) is 6.54 Å². The van der Waals surface area contributed by atoms with Crippen LogP contribution in [0.25, 0.3) is 11.1 Å². The third-order valence-corrected chi connectivity index (χ3v) is 3.02. The van der Waals surface area contributed by atoms with Gasteiger partial charge in [0.15, 0.2) is 0 Å². The normalized spacial score (nSPS) is 10.7. The van der Waals surface area contributed by atoms with Gasteiger partial charge in [0.25, 0.3) is 0 Å². The van der Waals surface area contributed by atoms with Crippen molar-refractivity contribution in [1.82, 2.24) is 5.32 Å². The molecule has 0 atom stereocenters. The first-order chi connectivity index (χ1) is 9.11. The Morgan fingerprint density at radius 3 is 2.42 bits per heavy atom. The predicted octanol–water partition coefficient (Wildman–Crippen LogP) is 4.05. The number of halogens is 2. The fourth-order valence-corrected chi connectivity index (χ4v) is 2.00. The monoisotopic (exact) mass is 261 g/mol. The van der Waals surface area contributed by atoms with Crippen LogP contribution < -0.4 is 5.32 Å². The highest BCUT2D eigenvalue weighted by Crippen LogP contribution is 2.27. The number of aryl methyl sites for hydroxylation is 1. The second-order valence-corrected chi connectivity index (χ2v) is 4.58. The topological polar surface area (TPSA) is 12.0 Å². The van der Waals surface area contributed by atoms with Crippen molar-refractivity contribution in [3.63, 3.8) is 0 Å². The van der Waals surface area contributed by atoms with Crippen LogP contribution in [-0.4, -0.2) is 6.54 Å². The van der Waals surface area contributed by atoms with E-state index in [1.54, 1.807) is 18.2 Å². The maximum Gasteiger partial charge on any atom is 0.131 e. The first-order valence-electron chi connectivity index (χ1n) is 6.37. The molecule has 2 aromatic rings. The molecule has 0 bridgehead atoms. The van der Waals surface area contributed by atoms with Gasteiger partial charge >= 0.3 is 0 Å². The van der Waals surface area contributed by atoms with Crippen LogP contribution in [0.1, 0.15) is 18.1 Å². The molecule has 0 heterocycles. The highest BCUT2D eigenvalue weighted by atomic mass is 19.1. The minimum absolute atomic E-state index is 0.307. The van der Waals surface area contributed by atoms with Gasteiger partial charge < -0.3 is 5.32 Å². The standard InChI is InChI=1S/C16H17F2N/c1-3-19-10-12-5-6-13(16(18)9-12)14-8-11(2)4-7-15(14)17/h4-9,19H,3,10H2,1-2H3. The summed E-state index contributed by atoms with van der Waals surface area (Å²) in [6.07, 6.45) is 0. The van der Waals surface area contributed by atoms with E-state index in [-0.39, 0.29) is 5.82 Å². The number of rotatable bonds is 4. The third-order valence-electron chi connectivity index (χ3n) is 3.02. The molecule has 0 saturated heterocycles. The van der Waals surface area contributed by atoms with Gasteiger partial charge in [-0.3, -0.25) is 0 Å². The molecule has 2 aromatic carbocycles. The second kappa shape index (κ2) is 5.93. The summed E-state index contributed by atoms with van der Waals surface area (Å²) in [7, 11) is 0. The first-order valence-corrected chi connectivity index (χ1v) is 6.37. The van der Waals surface area contributed by atoms with Gasteiger partial charge in [-0.25, -0.2) is 8.78 Å². The number of hydrogen-bond acceptors (Lipinski definition) is 1. The largest absolute Gasteiger partial charge is 0.313 e. The molecule has 0 radical (unpaired) electrons. The number of nitrogens with one attached hydrogen (secondary N) is 1. The number of benzene rings is 2. The summed E-state index contributed by atoms with van der Waals surface area (Å²) in [4.78, 5) is 0. The number of hydrogen-bond donors (Lipinski definition) is 1. The Morgan fingerprint density at radius 2 is 1.74 bits per heavy atom. The van der Waals surface area contributed by atoms with Crippen LogP contribution >= 0.6 is 0 Å². The van der Waals surface area contributed by atoms with Gasteiger partial charge in [-0.15, -0.1) is 0 Å². The van der Waals surface area contributed by atoms with Crippen molar-refractivity contribution in [3.05, 3.63) is 59.2 Å². The van der Waals surface area contributed by atoms with E-state index in [1.165, 1.54) is 12.1 Å². The van der Waals surface area contributed by atoms with Crippen molar-refractivity contribution in [2.45, 2.75) is 20.4 Å². The SMILES string of the molecule is CCNCc1ccc(-c2cc(C)ccc2F)c(F)c1. The minimum atomic E-state index is -0.399. The molecule has 0 aromatic heterocycles. The lowest BCUT2D eigenvalue weighted by Crippen LogP contribution is -2.11. The van der Waals surface area contributed by atoms with Crippen LogP contribution in [0.4, 0.5) is 8.78 Å². The maximum atomic E-state index is 14.1. The van der Waals surface area contributed by atoms with Gasteiger partial charge in [0.2, 0.25) is 0 Å². The van der Waals surface area contributed by atoms with Gasteiger partial charge in [0.1, 0.15) is 11.6 Å². The highest BCUT2D eigenvalue weighted by Gasteiger charge is 2.10. The molecule has 0 saturated carbocycles. The smallest absolute Gasteiger partial charge is 0.131 e. The van der Waals surface area contributed by atoms with Crippen LogP contribution in [0.2, 0.25) is 0 Å². The molecule has 1 nitrogen and oxygen atoms in total. The van der Waals surface area contributed by atoms with E-state index < -0.39 is 5.82 Å². The predicted molar refractivity (Wildman–Crippen MR) is 73.9 cm³/mol. The summed E-state index contributed by atoms with van der Waals surface area (Å²) in [5.74, 6) is -0.788. The highest BCUT2D eigenvalue weighted by molar-refractivity contribution is 5.66. The average Bonchev–Trinajstić information content (AvgIpc) is 2.40. The van der Waals surface area contributed by atoms with Gasteiger partial charge in [-0.2, -0.15) is 0 Å². The van der Waals surface area contributed by atoms with E-state index in [1.807, 2.05) is 19.9 Å². The molecule has 3 heteroatoms. The summed E-state index contributed by atoms with van der Waals surface area (Å²) in [6, 6.07) is 9.63. The molecule has 0 aliphatic heterocycles. The summed E-state index contributed by atoms with van der Waals surface area (Å²) in [5.41, 5.74) is 2.39. The molecule has 19 heavy (non-hydrogen) atoms. The van der Waals surface area contributed by atoms with E-state index in [4.69, 9.17) is 0 Å². The fraction of sp³-hybridized carbons (Fsp3) is 0.250. The summed E-state index contributed by atoms with van der Waals surface area (Å²) in [6.45, 7) is 5.30. The van der Waals surface area contributed by atoms with E-state index in [0.29, 0.717) is 17.7 Å². The Morgan fingerprint density at radius 1 is 0.947 bits per heavy atom. The molecular weight excluding hydrogens is 244 g/mol. The Kier molecular flexibility index (Phi) is 4.27. The molecule has 0 amide bonds. The second-order valence-electron chi connectivity index (χ2n) is 4.58. The molecule has 0 aliphatic rings. The lowest BCUT2D eigenvalue weighted by molar-refractivity contribution is 0.613. The van der Waals surface area contributed by atoms with Crippen LogP contribution in [0.5, 0.6) is 0 Å². The molecule has 2 rings (SSSR count). The van der Waals surface area contributed by atoms with E-state index in [2.05, 4.69) is 5.32 Å². The van der Waals surface area contributed by atoms with Crippen molar-refractivity contribution in [2.24, 2.45) is 0 Å². The summed E-state index contributed by atoms with van der Waals surface area (Å²) < 4.78 is 27.8. The molecule has 0 unspecified atom stereocenters. The summed E-state index contributed by atoms with van der Waals surface area (Å²) in [5, 5.41) is 3.13. The van der Waals surface area contributed by atoms with Gasteiger partial charge in [-0.05, 0) is 37.2 Å². The van der Waals surface area contributed by atoms with Gasteiger partial charge in [-0.1, -0.05) is 30.7 Å². The van der Waals surface area contributed by atoms with Crippen LogP contribution in [0.3, 0.4) is 0 Å². The Bertz CT molecular complexity index is 579. The Labute approximate surface area is 112 Å². The Balaban J connectivity index is 2.37. The van der Waals surface area contributed by atoms with Crippen molar-refractivity contribution in [1.29, 1.82) is 0 Å². The quantitative estimate of drug-likeness (QED) is 0.875. The minimum Gasteiger partial charge on any atom is -0.313 e. The Hall–Kier alpha value is -1.74. The summed E-state index contributed by atoms with van der Waals surface area (Å²) >= 11 is 0. The van der Waals surface area contributed by atoms with E-state index >= 15 is 0 Å². The molecule has 0 spiro atoms. The third kappa shape index (κ3) is 3.18. The lowest BCUT2D eigenvalue weighted by Gasteiger charge is -2.09. The molecule has 1 N–H and O–H groups in total. The van der Waals surface area contributed by atoms with Crippen LogP contribution in [0, 0.1) is 18.6 Å².